The van der Waals surface area contributed by atoms with Gasteiger partial charge in [-0.25, -0.2) is 0 Å². The van der Waals surface area contributed by atoms with Gasteiger partial charge in [0.15, 0.2) is 0 Å². The number of hydrogen-bond acceptors (Lipinski definition) is 3. The highest BCUT2D eigenvalue weighted by atomic mass is 16.5. The first kappa shape index (κ1) is 13.4. The van der Waals surface area contributed by atoms with Gasteiger partial charge in [0, 0.05) is 6.42 Å². The number of ether oxygens (including phenoxy) is 1. The van der Waals surface area contributed by atoms with E-state index in [1.54, 1.807) is 6.92 Å². The summed E-state index contributed by atoms with van der Waals surface area (Å²) in [6.07, 6.45) is 4.72. The average Bonchev–Trinajstić information content (AvgIpc) is 2.20. The molecule has 1 rings (SSSR count). The van der Waals surface area contributed by atoms with E-state index >= 15 is 0 Å². The second-order valence-corrected chi connectivity index (χ2v) is 3.70. The minimum absolute atomic E-state index is 0.0300. The Kier molecular flexibility index (Phi) is 8.64. The fraction of sp³-hybridized carbons (Fsp3) is 0.909. The van der Waals surface area contributed by atoms with E-state index in [9.17, 15) is 4.79 Å². The fourth-order valence-corrected chi connectivity index (χ4v) is 1.15. The van der Waals surface area contributed by atoms with Crippen LogP contribution in [0.25, 0.3) is 0 Å². The topological polar surface area (TPSA) is 38.3 Å². The lowest BCUT2D eigenvalue weighted by Crippen LogP contribution is -2.21. The molecule has 0 aliphatic carbocycles. The summed E-state index contributed by atoms with van der Waals surface area (Å²) in [4.78, 5) is 10.4. The van der Waals surface area contributed by atoms with Gasteiger partial charge in [-0.2, -0.15) is 0 Å². The second-order valence-electron chi connectivity index (χ2n) is 3.70. The monoisotopic (exact) mass is 201 g/mol. The molecule has 1 aliphatic heterocycles. The van der Waals surface area contributed by atoms with Crippen LogP contribution in [0.15, 0.2) is 0 Å². The number of hydrogen-bond donors (Lipinski definition) is 1. The number of carbonyl (C=O) groups is 1. The van der Waals surface area contributed by atoms with Crippen molar-refractivity contribution in [1.82, 2.24) is 5.32 Å². The summed E-state index contributed by atoms with van der Waals surface area (Å²) in [6, 6.07) is 0. The van der Waals surface area contributed by atoms with Crippen molar-refractivity contribution in [3.8, 4) is 0 Å². The van der Waals surface area contributed by atoms with Gasteiger partial charge in [0.25, 0.3) is 0 Å². The molecule has 0 saturated carbocycles. The standard InChI is InChI=1S/C6H12O2.C5H11N/c1-4-6(7)8-5(2)3;1-2-4-6-5-3-1/h5H,4H2,1-3H3;6H,1-5H2. The summed E-state index contributed by atoms with van der Waals surface area (Å²) in [7, 11) is 0. The molecule has 0 aromatic heterocycles. The zero-order valence-electron chi connectivity index (χ0n) is 9.64. The largest absolute Gasteiger partial charge is 0.463 e. The molecule has 84 valence electrons. The molecule has 0 bridgehead atoms. The first-order valence-corrected chi connectivity index (χ1v) is 5.57. The van der Waals surface area contributed by atoms with Gasteiger partial charge in [-0.1, -0.05) is 13.3 Å². The number of rotatable bonds is 2. The lowest BCUT2D eigenvalue weighted by Gasteiger charge is -2.08. The normalized spacial score (nSPS) is 15.7. The smallest absolute Gasteiger partial charge is 0.305 e. The minimum atomic E-state index is -0.125. The Morgan fingerprint density at radius 2 is 1.86 bits per heavy atom. The predicted molar refractivity (Wildman–Crippen MR) is 58.2 cm³/mol. The molecule has 0 atom stereocenters. The van der Waals surface area contributed by atoms with Crippen molar-refractivity contribution in [1.29, 1.82) is 0 Å². The maximum absolute atomic E-state index is 10.4. The van der Waals surface area contributed by atoms with E-state index in [-0.39, 0.29) is 12.1 Å². The highest BCUT2D eigenvalue weighted by Crippen LogP contribution is 1.96. The van der Waals surface area contributed by atoms with Gasteiger partial charge < -0.3 is 10.1 Å². The van der Waals surface area contributed by atoms with Crippen molar-refractivity contribution in [3.05, 3.63) is 0 Å². The quantitative estimate of drug-likeness (QED) is 0.695. The molecule has 14 heavy (non-hydrogen) atoms. The van der Waals surface area contributed by atoms with E-state index in [4.69, 9.17) is 4.74 Å². The van der Waals surface area contributed by atoms with E-state index in [1.807, 2.05) is 13.8 Å². The molecule has 0 aromatic rings. The Morgan fingerprint density at radius 1 is 1.29 bits per heavy atom. The van der Waals surface area contributed by atoms with E-state index in [1.165, 1.54) is 32.4 Å². The SMILES string of the molecule is C1CCNCC1.CCC(=O)OC(C)C. The van der Waals surface area contributed by atoms with Crippen molar-refractivity contribution < 1.29 is 9.53 Å². The Labute approximate surface area is 87.2 Å². The summed E-state index contributed by atoms with van der Waals surface area (Å²) < 4.78 is 4.76. The van der Waals surface area contributed by atoms with Crippen molar-refractivity contribution in [2.45, 2.75) is 52.6 Å². The predicted octanol–water partition coefficient (Wildman–Crippen LogP) is 2.11. The molecule has 1 heterocycles. The Balaban J connectivity index is 0.000000249. The number of piperidine rings is 1. The van der Waals surface area contributed by atoms with E-state index < -0.39 is 0 Å². The molecule has 0 aromatic carbocycles. The summed E-state index contributed by atoms with van der Waals surface area (Å²) in [6.45, 7) is 7.96. The fourth-order valence-electron chi connectivity index (χ4n) is 1.15. The van der Waals surface area contributed by atoms with Gasteiger partial charge in [0.1, 0.15) is 0 Å². The molecule has 0 unspecified atom stereocenters. The summed E-state index contributed by atoms with van der Waals surface area (Å²) in [5.74, 6) is -0.125. The van der Waals surface area contributed by atoms with Crippen LogP contribution in [0, 0.1) is 0 Å². The van der Waals surface area contributed by atoms with Crippen molar-refractivity contribution in [3.63, 3.8) is 0 Å². The van der Waals surface area contributed by atoms with Crippen LogP contribution >= 0.6 is 0 Å². The van der Waals surface area contributed by atoms with Crippen LogP contribution in [0.4, 0.5) is 0 Å². The van der Waals surface area contributed by atoms with Crippen LogP contribution in [0.2, 0.25) is 0 Å². The van der Waals surface area contributed by atoms with Crippen molar-refractivity contribution in [2.75, 3.05) is 13.1 Å². The number of nitrogens with one attached hydrogen (secondary N) is 1. The Bertz CT molecular complexity index is 131. The molecular weight excluding hydrogens is 178 g/mol. The molecular formula is C11H23NO2. The van der Waals surface area contributed by atoms with Gasteiger partial charge in [-0.15, -0.1) is 0 Å². The summed E-state index contributed by atoms with van der Waals surface area (Å²) in [5, 5.41) is 3.28. The highest BCUT2D eigenvalue weighted by Gasteiger charge is 1.98. The lowest BCUT2D eigenvalue weighted by atomic mass is 10.2. The van der Waals surface area contributed by atoms with Crippen LogP contribution in [0.3, 0.4) is 0 Å². The van der Waals surface area contributed by atoms with Crippen LogP contribution in [-0.4, -0.2) is 25.2 Å². The lowest BCUT2D eigenvalue weighted by molar-refractivity contribution is -0.146. The maximum atomic E-state index is 10.4. The average molecular weight is 201 g/mol. The second kappa shape index (κ2) is 9.00. The minimum Gasteiger partial charge on any atom is -0.463 e. The van der Waals surface area contributed by atoms with Crippen LogP contribution in [0.5, 0.6) is 0 Å². The number of carbonyl (C=O) groups excluding carboxylic acids is 1. The zero-order chi connectivity index (χ0) is 10.8. The summed E-state index contributed by atoms with van der Waals surface area (Å²) in [5.41, 5.74) is 0. The van der Waals surface area contributed by atoms with E-state index in [2.05, 4.69) is 5.32 Å². The highest BCUT2D eigenvalue weighted by molar-refractivity contribution is 5.68. The molecule has 1 saturated heterocycles. The Morgan fingerprint density at radius 3 is 2.00 bits per heavy atom. The van der Waals surface area contributed by atoms with Gasteiger partial charge in [-0.05, 0) is 39.8 Å². The first-order chi connectivity index (χ1) is 6.66. The molecule has 1 fully saturated rings. The van der Waals surface area contributed by atoms with Gasteiger partial charge in [0.05, 0.1) is 6.10 Å². The van der Waals surface area contributed by atoms with Gasteiger partial charge >= 0.3 is 5.97 Å². The third kappa shape index (κ3) is 9.52. The molecule has 1 N–H and O–H groups in total. The van der Waals surface area contributed by atoms with E-state index in [0.29, 0.717) is 6.42 Å². The van der Waals surface area contributed by atoms with Crippen LogP contribution in [-0.2, 0) is 9.53 Å². The molecule has 0 radical (unpaired) electrons. The molecule has 0 amide bonds. The summed E-state index contributed by atoms with van der Waals surface area (Å²) >= 11 is 0. The van der Waals surface area contributed by atoms with Crippen LogP contribution < -0.4 is 5.32 Å². The Hall–Kier alpha value is -0.570. The van der Waals surface area contributed by atoms with Crippen molar-refractivity contribution in [2.24, 2.45) is 0 Å². The van der Waals surface area contributed by atoms with Crippen molar-refractivity contribution >= 4 is 5.97 Å². The van der Waals surface area contributed by atoms with Gasteiger partial charge in [-0.3, -0.25) is 4.79 Å². The molecule has 3 nitrogen and oxygen atoms in total. The molecule has 3 heteroatoms. The third-order valence-corrected chi connectivity index (χ3v) is 1.86. The molecule has 1 aliphatic rings. The first-order valence-electron chi connectivity index (χ1n) is 5.57. The molecule has 0 spiro atoms. The van der Waals surface area contributed by atoms with E-state index in [0.717, 1.165) is 0 Å². The van der Waals surface area contributed by atoms with Crippen LogP contribution in [0.1, 0.15) is 46.5 Å². The number of esters is 1. The third-order valence-electron chi connectivity index (χ3n) is 1.86. The maximum Gasteiger partial charge on any atom is 0.305 e. The van der Waals surface area contributed by atoms with Gasteiger partial charge in [0.2, 0.25) is 0 Å². The zero-order valence-corrected chi connectivity index (χ0v) is 9.64.